The van der Waals surface area contributed by atoms with E-state index < -0.39 is 0 Å². The summed E-state index contributed by atoms with van der Waals surface area (Å²) in [5.74, 6) is 0.0604. The van der Waals surface area contributed by atoms with Gasteiger partial charge in [0.25, 0.3) is 0 Å². The zero-order valence-electron chi connectivity index (χ0n) is 13.4. The van der Waals surface area contributed by atoms with Crippen LogP contribution < -0.4 is 5.32 Å². The van der Waals surface area contributed by atoms with E-state index in [0.29, 0.717) is 6.42 Å². The van der Waals surface area contributed by atoms with E-state index in [0.717, 1.165) is 38.6 Å². The molecule has 1 aliphatic heterocycles. The van der Waals surface area contributed by atoms with E-state index in [1.165, 1.54) is 32.1 Å². The third-order valence-corrected chi connectivity index (χ3v) is 4.79. The number of carbonyl (C=O) groups excluding carboxylic acids is 2. The smallest absolute Gasteiger partial charge is 0.247 e. The van der Waals surface area contributed by atoms with E-state index in [4.69, 9.17) is 0 Å². The maximum absolute atomic E-state index is 12.4. The van der Waals surface area contributed by atoms with Crippen molar-refractivity contribution in [1.29, 1.82) is 0 Å². The number of nitrogens with one attached hydrogen (secondary N) is 1. The lowest BCUT2D eigenvalue weighted by molar-refractivity contribution is -0.141. The van der Waals surface area contributed by atoms with Crippen LogP contribution >= 0.6 is 0 Å². The van der Waals surface area contributed by atoms with Gasteiger partial charge < -0.3 is 5.32 Å². The highest BCUT2D eigenvalue weighted by Crippen LogP contribution is 2.28. The highest BCUT2D eigenvalue weighted by molar-refractivity contribution is 6.05. The van der Waals surface area contributed by atoms with Crippen LogP contribution in [0, 0.1) is 0 Å². The third-order valence-electron chi connectivity index (χ3n) is 4.79. The summed E-state index contributed by atoms with van der Waals surface area (Å²) in [4.78, 5) is 26.0. The maximum Gasteiger partial charge on any atom is 0.247 e. The molecule has 1 heterocycles. The fourth-order valence-corrected chi connectivity index (χ4v) is 3.54. The quantitative estimate of drug-likeness (QED) is 0.525. The van der Waals surface area contributed by atoms with Gasteiger partial charge in [0.05, 0.1) is 12.5 Å². The molecule has 0 radical (unpaired) electrons. The van der Waals surface area contributed by atoms with Crippen molar-refractivity contribution in [2.75, 3.05) is 6.54 Å². The molecule has 1 unspecified atom stereocenters. The number of hydrogen-bond acceptors (Lipinski definition) is 3. The van der Waals surface area contributed by atoms with Crippen LogP contribution in [0.3, 0.4) is 0 Å². The zero-order chi connectivity index (χ0) is 15.1. The molecule has 0 aromatic rings. The Morgan fingerprint density at radius 2 is 1.71 bits per heavy atom. The normalized spacial score (nSPS) is 23.5. The van der Waals surface area contributed by atoms with Crippen LogP contribution in [0.2, 0.25) is 0 Å². The fraction of sp³-hybridized carbons (Fsp3) is 0.882. The Kier molecular flexibility index (Phi) is 6.68. The van der Waals surface area contributed by atoms with Crippen LogP contribution in [-0.4, -0.2) is 35.3 Å². The monoisotopic (exact) mass is 294 g/mol. The summed E-state index contributed by atoms with van der Waals surface area (Å²) in [5, 5.41) is 3.29. The third kappa shape index (κ3) is 4.53. The van der Waals surface area contributed by atoms with Crippen LogP contribution in [0.4, 0.5) is 0 Å². The molecule has 2 aliphatic rings. The first-order chi connectivity index (χ1) is 10.2. The lowest BCUT2D eigenvalue weighted by Gasteiger charge is -2.22. The number of hydrogen-bond donors (Lipinski definition) is 1. The standard InChI is InChI=1S/C17H30N2O2/c1-2-3-4-5-6-9-12-18-15-13-16(20)19(17(15)21)14-10-7-8-11-14/h14-15,18H,2-13H2,1H3. The van der Waals surface area contributed by atoms with Gasteiger partial charge in [-0.25, -0.2) is 0 Å². The molecule has 1 saturated heterocycles. The minimum atomic E-state index is -0.256. The molecule has 1 N–H and O–H groups in total. The van der Waals surface area contributed by atoms with E-state index in [9.17, 15) is 9.59 Å². The number of imide groups is 1. The maximum atomic E-state index is 12.4. The number of rotatable bonds is 9. The number of amides is 2. The summed E-state index contributed by atoms with van der Waals surface area (Å²) in [6, 6.07) is -0.0698. The van der Waals surface area contributed by atoms with Crippen LogP contribution in [0.5, 0.6) is 0 Å². The van der Waals surface area contributed by atoms with Crippen molar-refractivity contribution < 1.29 is 9.59 Å². The van der Waals surface area contributed by atoms with E-state index in [-0.39, 0.29) is 23.9 Å². The highest BCUT2D eigenvalue weighted by Gasteiger charge is 2.42. The number of carbonyl (C=O) groups is 2. The average Bonchev–Trinajstić information content (AvgIpc) is 3.07. The predicted molar refractivity (Wildman–Crippen MR) is 83.9 cm³/mol. The fourth-order valence-electron chi connectivity index (χ4n) is 3.54. The van der Waals surface area contributed by atoms with Gasteiger partial charge in [-0.05, 0) is 25.8 Å². The van der Waals surface area contributed by atoms with Crippen LogP contribution in [0.1, 0.15) is 77.6 Å². The second kappa shape index (κ2) is 8.52. The van der Waals surface area contributed by atoms with E-state index in [1.54, 1.807) is 4.90 Å². The summed E-state index contributed by atoms with van der Waals surface area (Å²) in [6.45, 7) is 3.08. The first-order valence-electron chi connectivity index (χ1n) is 8.83. The molecule has 1 atom stereocenters. The van der Waals surface area contributed by atoms with E-state index in [2.05, 4.69) is 12.2 Å². The highest BCUT2D eigenvalue weighted by atomic mass is 16.2. The zero-order valence-corrected chi connectivity index (χ0v) is 13.4. The SMILES string of the molecule is CCCCCCCCNC1CC(=O)N(C2CCCC2)C1=O. The van der Waals surface area contributed by atoms with Gasteiger partial charge in [0.15, 0.2) is 0 Å². The number of unbranched alkanes of at least 4 members (excludes halogenated alkanes) is 5. The molecule has 4 nitrogen and oxygen atoms in total. The lowest BCUT2D eigenvalue weighted by atomic mass is 10.1. The van der Waals surface area contributed by atoms with Gasteiger partial charge in [-0.15, -0.1) is 0 Å². The van der Waals surface area contributed by atoms with Gasteiger partial charge in [0, 0.05) is 6.04 Å². The Morgan fingerprint density at radius 1 is 1.05 bits per heavy atom. The van der Waals surface area contributed by atoms with Crippen molar-refractivity contribution in [2.24, 2.45) is 0 Å². The first kappa shape index (κ1) is 16.5. The molecule has 4 heteroatoms. The number of likely N-dealkylation sites (tertiary alicyclic amines) is 1. The summed E-state index contributed by atoms with van der Waals surface area (Å²) in [7, 11) is 0. The van der Waals surface area contributed by atoms with Gasteiger partial charge in [0.2, 0.25) is 11.8 Å². The van der Waals surface area contributed by atoms with Crippen molar-refractivity contribution in [3.63, 3.8) is 0 Å². The predicted octanol–water partition coefficient (Wildman–Crippen LogP) is 3.01. The van der Waals surface area contributed by atoms with Crippen LogP contribution in [0.25, 0.3) is 0 Å². The van der Waals surface area contributed by atoms with Gasteiger partial charge in [-0.3, -0.25) is 14.5 Å². The molecule has 2 amide bonds. The van der Waals surface area contributed by atoms with Gasteiger partial charge >= 0.3 is 0 Å². The van der Waals surface area contributed by atoms with Crippen molar-refractivity contribution >= 4 is 11.8 Å². The summed E-state index contributed by atoms with van der Waals surface area (Å²) >= 11 is 0. The van der Waals surface area contributed by atoms with Gasteiger partial charge in [-0.1, -0.05) is 51.9 Å². The Balaban J connectivity index is 1.65. The molecular formula is C17H30N2O2. The summed E-state index contributed by atoms with van der Waals surface area (Å²) in [5.41, 5.74) is 0. The molecule has 2 fully saturated rings. The Hall–Kier alpha value is -0.900. The van der Waals surface area contributed by atoms with Gasteiger partial charge in [-0.2, -0.15) is 0 Å². The molecule has 21 heavy (non-hydrogen) atoms. The molecule has 1 aliphatic carbocycles. The Bertz CT molecular complexity index is 351. The first-order valence-corrected chi connectivity index (χ1v) is 8.83. The molecule has 120 valence electrons. The van der Waals surface area contributed by atoms with E-state index in [1.807, 2.05) is 0 Å². The molecule has 0 aromatic carbocycles. The molecule has 0 spiro atoms. The molecule has 0 aromatic heterocycles. The summed E-state index contributed by atoms with van der Waals surface area (Å²) < 4.78 is 0. The van der Waals surface area contributed by atoms with Crippen molar-refractivity contribution in [1.82, 2.24) is 10.2 Å². The van der Waals surface area contributed by atoms with Gasteiger partial charge in [0.1, 0.15) is 0 Å². The minimum Gasteiger partial charge on any atom is -0.305 e. The van der Waals surface area contributed by atoms with Crippen molar-refractivity contribution in [2.45, 2.75) is 89.6 Å². The largest absolute Gasteiger partial charge is 0.305 e. The van der Waals surface area contributed by atoms with E-state index >= 15 is 0 Å². The topological polar surface area (TPSA) is 49.4 Å². The molecule has 0 bridgehead atoms. The number of nitrogens with zero attached hydrogens (tertiary/aromatic N) is 1. The van der Waals surface area contributed by atoms with Crippen LogP contribution in [0.15, 0.2) is 0 Å². The minimum absolute atomic E-state index is 0.0258. The van der Waals surface area contributed by atoms with Crippen molar-refractivity contribution in [3.8, 4) is 0 Å². The van der Waals surface area contributed by atoms with Crippen molar-refractivity contribution in [3.05, 3.63) is 0 Å². The summed E-state index contributed by atoms with van der Waals surface area (Å²) in [6.07, 6.45) is 12.2. The van der Waals surface area contributed by atoms with Crippen LogP contribution in [-0.2, 0) is 9.59 Å². The second-order valence-electron chi connectivity index (χ2n) is 6.52. The molecule has 1 saturated carbocycles. The average molecular weight is 294 g/mol. The molecular weight excluding hydrogens is 264 g/mol. The lowest BCUT2D eigenvalue weighted by Crippen LogP contribution is -2.43. The molecule has 2 rings (SSSR count). The Morgan fingerprint density at radius 3 is 2.43 bits per heavy atom. The Labute approximate surface area is 128 Å². The second-order valence-corrected chi connectivity index (χ2v) is 6.52.